The maximum absolute atomic E-state index is 12.2. The van der Waals surface area contributed by atoms with E-state index in [1.807, 2.05) is 0 Å². The van der Waals surface area contributed by atoms with Crippen molar-refractivity contribution < 1.29 is 14.7 Å². The Morgan fingerprint density at radius 2 is 2.18 bits per heavy atom. The number of hydrazine groups is 1. The van der Waals surface area contributed by atoms with Crippen LogP contribution in [0.25, 0.3) is 0 Å². The van der Waals surface area contributed by atoms with E-state index in [0.717, 1.165) is 12.8 Å². The zero-order chi connectivity index (χ0) is 15.7. The minimum Gasteiger partial charge on any atom is -0.477 e. The Morgan fingerprint density at radius 1 is 1.45 bits per heavy atom. The topological polar surface area (TPSA) is 97.3 Å². The molecule has 3 rings (SSSR count). The number of carboxylic acid groups (broad SMARTS) is 1. The second kappa shape index (κ2) is 6.05. The van der Waals surface area contributed by atoms with Gasteiger partial charge in [0.15, 0.2) is 6.29 Å². The fraction of sp³-hybridized carbons (Fsp3) is 0.643. The van der Waals surface area contributed by atoms with Crippen molar-refractivity contribution in [3.63, 3.8) is 0 Å². The third kappa shape index (κ3) is 2.71. The largest absolute Gasteiger partial charge is 0.477 e. The second-order valence-corrected chi connectivity index (χ2v) is 5.89. The zero-order valence-electron chi connectivity index (χ0n) is 12.6. The number of nitrogens with one attached hydrogen (secondary N) is 2. The first-order chi connectivity index (χ1) is 10.6. The number of hydrogen-bond donors (Lipinski definition) is 3. The van der Waals surface area contributed by atoms with Crippen LogP contribution < -0.4 is 10.7 Å². The van der Waals surface area contributed by atoms with Gasteiger partial charge in [0.05, 0.1) is 0 Å². The molecule has 0 radical (unpaired) electrons. The van der Waals surface area contributed by atoms with Crippen LogP contribution in [0.5, 0.6) is 0 Å². The van der Waals surface area contributed by atoms with E-state index in [0.29, 0.717) is 18.4 Å². The molecular formula is C14H21N5O3. The molecule has 120 valence electrons. The summed E-state index contributed by atoms with van der Waals surface area (Å²) in [5.41, 5.74) is 2.63. The van der Waals surface area contributed by atoms with Crippen molar-refractivity contribution in [1.82, 2.24) is 20.7 Å². The van der Waals surface area contributed by atoms with Gasteiger partial charge < -0.3 is 10.0 Å². The maximum Gasteiger partial charge on any atom is 0.342 e. The lowest BCUT2D eigenvalue weighted by Gasteiger charge is -2.34. The summed E-state index contributed by atoms with van der Waals surface area (Å²) in [7, 11) is 1.72. The summed E-state index contributed by atoms with van der Waals surface area (Å²) >= 11 is 0. The molecule has 1 aliphatic carbocycles. The van der Waals surface area contributed by atoms with E-state index >= 15 is 0 Å². The van der Waals surface area contributed by atoms with Crippen molar-refractivity contribution in [2.75, 3.05) is 13.6 Å². The minimum atomic E-state index is -1.22. The predicted molar refractivity (Wildman–Crippen MR) is 79.3 cm³/mol. The van der Waals surface area contributed by atoms with Crippen LogP contribution >= 0.6 is 0 Å². The summed E-state index contributed by atoms with van der Waals surface area (Å²) in [4.78, 5) is 29.7. The Morgan fingerprint density at radius 3 is 2.82 bits per heavy atom. The summed E-state index contributed by atoms with van der Waals surface area (Å²) in [6, 6.07) is 0. The van der Waals surface area contributed by atoms with Gasteiger partial charge in [-0.3, -0.25) is 10.1 Å². The van der Waals surface area contributed by atoms with Crippen LogP contribution in [0.4, 0.5) is 0 Å². The zero-order valence-corrected chi connectivity index (χ0v) is 12.6. The van der Waals surface area contributed by atoms with Crippen molar-refractivity contribution in [3.05, 3.63) is 11.8 Å². The fourth-order valence-corrected chi connectivity index (χ4v) is 3.18. The van der Waals surface area contributed by atoms with Gasteiger partial charge in [0.25, 0.3) is 5.91 Å². The Labute approximate surface area is 128 Å². The van der Waals surface area contributed by atoms with Gasteiger partial charge in [-0.1, -0.05) is 19.3 Å². The van der Waals surface area contributed by atoms with E-state index in [9.17, 15) is 14.7 Å². The van der Waals surface area contributed by atoms with Crippen molar-refractivity contribution in [3.8, 4) is 0 Å². The number of carboxylic acids is 1. The first-order valence-corrected chi connectivity index (χ1v) is 7.67. The first-order valence-electron chi connectivity index (χ1n) is 7.67. The van der Waals surface area contributed by atoms with Crippen LogP contribution in [0.15, 0.2) is 16.8 Å². The molecule has 2 aliphatic heterocycles. The van der Waals surface area contributed by atoms with Crippen molar-refractivity contribution in [2.45, 2.75) is 38.4 Å². The van der Waals surface area contributed by atoms with Gasteiger partial charge in [-0.05, 0) is 25.8 Å². The van der Waals surface area contributed by atoms with E-state index in [2.05, 4.69) is 15.7 Å². The van der Waals surface area contributed by atoms with Crippen LogP contribution in [0.3, 0.4) is 0 Å². The number of aliphatic imine (C=N–C) groups is 1. The molecular weight excluding hydrogens is 286 g/mol. The molecule has 0 bridgehead atoms. The molecule has 8 nitrogen and oxygen atoms in total. The molecule has 22 heavy (non-hydrogen) atoms. The Bertz CT molecular complexity index is 539. The molecule has 1 unspecified atom stereocenters. The maximum atomic E-state index is 12.2. The highest BCUT2D eigenvalue weighted by Gasteiger charge is 2.40. The number of amides is 1. The van der Waals surface area contributed by atoms with E-state index in [4.69, 9.17) is 0 Å². The van der Waals surface area contributed by atoms with Crippen molar-refractivity contribution in [1.29, 1.82) is 0 Å². The fourth-order valence-electron chi connectivity index (χ4n) is 3.18. The smallest absolute Gasteiger partial charge is 0.342 e. The van der Waals surface area contributed by atoms with Gasteiger partial charge in [0, 0.05) is 12.7 Å². The molecule has 0 aromatic rings. The van der Waals surface area contributed by atoms with E-state index in [-0.39, 0.29) is 5.57 Å². The molecule has 3 aliphatic rings. The molecule has 0 aromatic heterocycles. The summed E-state index contributed by atoms with van der Waals surface area (Å²) in [5.74, 6) is -0.817. The standard InChI is InChI=1S/C14H21N5O3/c1-15-13-16-14-18(7-9-5-3-2-4-6-9)8-10(12(21)22)11(20)19(14)17-13/h8-9,13,15,17H,2-7H2,1H3,(H,21,22). The summed E-state index contributed by atoms with van der Waals surface area (Å²) in [5, 5.41) is 13.4. The van der Waals surface area contributed by atoms with Gasteiger partial charge in [-0.15, -0.1) is 0 Å². The number of carbonyl (C=O) groups excluding carboxylic acids is 1. The SMILES string of the molecule is CNC1N=C2N(CC3CCCCC3)C=C(C(=O)O)C(=O)N2N1. The van der Waals surface area contributed by atoms with Gasteiger partial charge in [0.2, 0.25) is 5.96 Å². The number of nitrogens with zero attached hydrogens (tertiary/aromatic N) is 3. The van der Waals surface area contributed by atoms with Crippen molar-refractivity contribution >= 4 is 17.8 Å². The number of guanidine groups is 1. The highest BCUT2D eigenvalue weighted by atomic mass is 16.4. The number of aliphatic carboxylic acids is 1. The third-order valence-electron chi connectivity index (χ3n) is 4.35. The van der Waals surface area contributed by atoms with Gasteiger partial charge >= 0.3 is 5.97 Å². The minimum absolute atomic E-state index is 0.237. The number of rotatable bonds is 4. The molecule has 1 saturated carbocycles. The van der Waals surface area contributed by atoms with Gasteiger partial charge in [0.1, 0.15) is 5.57 Å². The lowest BCUT2D eigenvalue weighted by molar-refractivity contribution is -0.137. The summed E-state index contributed by atoms with van der Waals surface area (Å²) < 4.78 is 0. The predicted octanol–water partition coefficient (Wildman–Crippen LogP) is 0.0566. The molecule has 8 heteroatoms. The molecule has 0 saturated heterocycles. The molecule has 1 atom stereocenters. The average Bonchev–Trinajstić information content (AvgIpc) is 2.96. The first kappa shape index (κ1) is 15.0. The number of carbonyl (C=O) groups is 2. The van der Waals surface area contributed by atoms with E-state index in [1.54, 1.807) is 11.9 Å². The van der Waals surface area contributed by atoms with Crippen LogP contribution in [0, 0.1) is 5.92 Å². The molecule has 2 heterocycles. The highest BCUT2D eigenvalue weighted by Crippen LogP contribution is 2.27. The van der Waals surface area contributed by atoms with Gasteiger partial charge in [-0.2, -0.15) is 5.43 Å². The molecule has 1 amide bonds. The van der Waals surface area contributed by atoms with Crippen LogP contribution in [0.2, 0.25) is 0 Å². The Balaban J connectivity index is 1.85. The summed E-state index contributed by atoms with van der Waals surface area (Å²) in [6.45, 7) is 0.692. The Hall–Kier alpha value is -1.93. The highest BCUT2D eigenvalue weighted by molar-refractivity contribution is 6.21. The lowest BCUT2D eigenvalue weighted by Crippen LogP contribution is -2.55. The normalized spacial score (nSPS) is 25.9. The number of hydrogen-bond acceptors (Lipinski definition) is 6. The Kier molecular flexibility index (Phi) is 4.12. The van der Waals surface area contributed by atoms with E-state index in [1.165, 1.54) is 30.5 Å². The second-order valence-electron chi connectivity index (χ2n) is 5.89. The third-order valence-corrected chi connectivity index (χ3v) is 4.35. The average molecular weight is 307 g/mol. The molecule has 1 fully saturated rings. The molecule has 3 N–H and O–H groups in total. The van der Waals surface area contributed by atoms with E-state index < -0.39 is 18.2 Å². The lowest BCUT2D eigenvalue weighted by atomic mass is 9.89. The van der Waals surface area contributed by atoms with Crippen LogP contribution in [0.1, 0.15) is 32.1 Å². The monoisotopic (exact) mass is 307 g/mol. The van der Waals surface area contributed by atoms with Crippen LogP contribution in [-0.2, 0) is 9.59 Å². The molecule has 0 aromatic carbocycles. The number of fused-ring (bicyclic) bond motifs is 1. The summed E-state index contributed by atoms with van der Waals surface area (Å²) in [6.07, 6.45) is 6.96. The van der Waals surface area contributed by atoms with Gasteiger partial charge in [-0.25, -0.2) is 14.8 Å². The quantitative estimate of drug-likeness (QED) is 0.635. The molecule has 0 spiro atoms. The van der Waals surface area contributed by atoms with Crippen molar-refractivity contribution in [2.24, 2.45) is 10.9 Å². The van der Waals surface area contributed by atoms with Crippen LogP contribution in [-0.4, -0.2) is 52.7 Å².